The third kappa shape index (κ3) is 2.45. The highest BCUT2D eigenvalue weighted by atomic mass is 14.9. The molecule has 4 aromatic carbocycles. The Morgan fingerprint density at radius 2 is 1.19 bits per heavy atom. The van der Waals surface area contributed by atoms with Gasteiger partial charge in [-0.3, -0.25) is 0 Å². The average Bonchev–Trinajstić information content (AvgIpc) is 3.50. The second-order valence-corrected chi connectivity index (χ2v) is 9.80. The molecular weight excluding hydrogens is 386 g/mol. The zero-order chi connectivity index (χ0) is 21.1. The molecule has 2 bridgehead atoms. The minimum atomic E-state index is 0.275. The van der Waals surface area contributed by atoms with Gasteiger partial charge in [-0.25, -0.2) is 0 Å². The summed E-state index contributed by atoms with van der Waals surface area (Å²) in [5.74, 6) is 1.63. The molecule has 0 aromatic heterocycles. The molecule has 0 heterocycles. The van der Waals surface area contributed by atoms with Crippen LogP contribution in [0, 0.1) is 11.8 Å². The molecular formula is C31H27N. The van der Waals surface area contributed by atoms with Gasteiger partial charge in [-0.05, 0) is 95.2 Å². The van der Waals surface area contributed by atoms with Crippen LogP contribution in [-0.4, -0.2) is 0 Å². The third-order valence-corrected chi connectivity index (χ3v) is 8.40. The van der Waals surface area contributed by atoms with Crippen LogP contribution in [0.3, 0.4) is 0 Å². The first-order valence-corrected chi connectivity index (χ1v) is 12.0. The molecule has 3 aliphatic rings. The highest BCUT2D eigenvalue weighted by Crippen LogP contribution is 2.67. The molecule has 0 saturated heterocycles. The van der Waals surface area contributed by atoms with E-state index in [0.29, 0.717) is 0 Å². The summed E-state index contributed by atoms with van der Waals surface area (Å²) in [6, 6.07) is 35.7. The fourth-order valence-electron chi connectivity index (χ4n) is 7.22. The van der Waals surface area contributed by atoms with Gasteiger partial charge in [0.2, 0.25) is 0 Å². The number of hydrogen-bond donors (Lipinski definition) is 1. The summed E-state index contributed by atoms with van der Waals surface area (Å²) in [5.41, 5.74) is 11.2. The Morgan fingerprint density at radius 3 is 2.00 bits per heavy atom. The Morgan fingerprint density at radius 1 is 0.531 bits per heavy atom. The van der Waals surface area contributed by atoms with Crippen LogP contribution in [-0.2, 0) is 5.41 Å². The Balaban J connectivity index is 1.29. The summed E-state index contributed by atoms with van der Waals surface area (Å²) in [4.78, 5) is 0. The van der Waals surface area contributed by atoms with Crippen LogP contribution in [0.1, 0.15) is 36.8 Å². The molecule has 156 valence electrons. The normalized spacial score (nSPS) is 24.5. The van der Waals surface area contributed by atoms with Crippen molar-refractivity contribution in [1.82, 2.24) is 0 Å². The maximum Gasteiger partial charge on any atom is 0.0390 e. The van der Waals surface area contributed by atoms with E-state index in [1.807, 2.05) is 0 Å². The van der Waals surface area contributed by atoms with E-state index in [0.717, 1.165) is 17.5 Å². The highest BCUT2D eigenvalue weighted by Gasteiger charge is 2.59. The van der Waals surface area contributed by atoms with Gasteiger partial charge in [0.25, 0.3) is 0 Å². The van der Waals surface area contributed by atoms with Crippen molar-refractivity contribution in [1.29, 1.82) is 0 Å². The van der Waals surface area contributed by atoms with E-state index < -0.39 is 0 Å². The van der Waals surface area contributed by atoms with Crippen molar-refractivity contribution in [2.45, 2.75) is 31.1 Å². The second-order valence-electron chi connectivity index (χ2n) is 9.80. The minimum Gasteiger partial charge on any atom is -0.355 e. The number of hydrogen-bond acceptors (Lipinski definition) is 1. The molecule has 0 amide bonds. The van der Waals surface area contributed by atoms with Gasteiger partial charge < -0.3 is 5.32 Å². The van der Waals surface area contributed by atoms with Crippen LogP contribution >= 0.6 is 0 Å². The zero-order valence-electron chi connectivity index (χ0n) is 18.2. The van der Waals surface area contributed by atoms with Crippen molar-refractivity contribution in [3.63, 3.8) is 0 Å². The van der Waals surface area contributed by atoms with Gasteiger partial charge in [-0.15, -0.1) is 0 Å². The molecule has 1 heteroatoms. The lowest BCUT2D eigenvalue weighted by molar-refractivity contribution is 0.400. The van der Waals surface area contributed by atoms with Crippen LogP contribution in [0.4, 0.5) is 11.4 Å². The average molecular weight is 414 g/mol. The third-order valence-electron chi connectivity index (χ3n) is 8.40. The molecule has 0 unspecified atom stereocenters. The van der Waals surface area contributed by atoms with Crippen molar-refractivity contribution < 1.29 is 0 Å². The predicted octanol–water partition coefficient (Wildman–Crippen LogP) is 8.18. The Labute approximate surface area is 190 Å². The molecule has 0 atom stereocenters. The molecule has 1 nitrogen and oxygen atoms in total. The van der Waals surface area contributed by atoms with Gasteiger partial charge in [0.05, 0.1) is 0 Å². The van der Waals surface area contributed by atoms with E-state index >= 15 is 0 Å². The molecule has 1 spiro atoms. The number of rotatable bonds is 3. The van der Waals surface area contributed by atoms with E-state index in [9.17, 15) is 0 Å². The molecule has 3 aliphatic carbocycles. The summed E-state index contributed by atoms with van der Waals surface area (Å²) in [6.45, 7) is 0. The van der Waals surface area contributed by atoms with Gasteiger partial charge >= 0.3 is 0 Å². The Kier molecular flexibility index (Phi) is 3.90. The lowest BCUT2D eigenvalue weighted by atomic mass is 9.70. The van der Waals surface area contributed by atoms with E-state index in [1.165, 1.54) is 53.6 Å². The molecule has 0 radical (unpaired) electrons. The molecule has 32 heavy (non-hydrogen) atoms. The summed E-state index contributed by atoms with van der Waals surface area (Å²) < 4.78 is 0. The topological polar surface area (TPSA) is 12.0 Å². The molecule has 1 N–H and O–H groups in total. The first-order chi connectivity index (χ1) is 15.8. The van der Waals surface area contributed by atoms with Crippen LogP contribution in [0.15, 0.2) is 97.1 Å². The summed E-state index contributed by atoms with van der Waals surface area (Å²) in [7, 11) is 0. The predicted molar refractivity (Wildman–Crippen MR) is 133 cm³/mol. The van der Waals surface area contributed by atoms with Crippen LogP contribution in [0.2, 0.25) is 0 Å². The first kappa shape index (κ1) is 18.3. The van der Waals surface area contributed by atoms with Crippen molar-refractivity contribution in [2.75, 3.05) is 5.32 Å². The highest BCUT2D eigenvalue weighted by molar-refractivity contribution is 5.85. The van der Waals surface area contributed by atoms with E-state index in [1.54, 1.807) is 11.1 Å². The smallest absolute Gasteiger partial charge is 0.0390 e. The summed E-state index contributed by atoms with van der Waals surface area (Å²) >= 11 is 0. The zero-order valence-corrected chi connectivity index (χ0v) is 18.2. The standard InChI is InChI=1S/C31H27N/c1-2-7-21(8-3-1)22-9-6-10-25(19-22)32-26-17-18-30-28(20-26)27-11-4-5-12-29(27)31(30)23-13-14-24(31)16-15-23/h1-12,17-20,23-24,32H,13-16H2. The molecule has 2 fully saturated rings. The van der Waals surface area contributed by atoms with E-state index in [-0.39, 0.29) is 5.41 Å². The molecule has 2 saturated carbocycles. The Bertz CT molecular complexity index is 1300. The first-order valence-electron chi connectivity index (χ1n) is 12.0. The van der Waals surface area contributed by atoms with Crippen LogP contribution < -0.4 is 5.32 Å². The van der Waals surface area contributed by atoms with Crippen molar-refractivity contribution in [2.24, 2.45) is 11.8 Å². The van der Waals surface area contributed by atoms with Crippen molar-refractivity contribution in [3.05, 3.63) is 108 Å². The Hall–Kier alpha value is -3.32. The SMILES string of the molecule is c1ccc(-c2cccc(Nc3ccc4c(c3)-c3ccccc3C43C4CCC3CC4)c2)cc1. The quantitative estimate of drug-likeness (QED) is 0.357. The van der Waals surface area contributed by atoms with Gasteiger partial charge in [0, 0.05) is 16.8 Å². The minimum absolute atomic E-state index is 0.275. The monoisotopic (exact) mass is 413 g/mol. The molecule has 0 aliphatic heterocycles. The summed E-state index contributed by atoms with van der Waals surface area (Å²) in [5, 5.41) is 3.69. The van der Waals surface area contributed by atoms with Crippen molar-refractivity contribution >= 4 is 11.4 Å². The van der Waals surface area contributed by atoms with Crippen LogP contribution in [0.25, 0.3) is 22.3 Å². The number of benzene rings is 4. The van der Waals surface area contributed by atoms with Gasteiger partial charge in [0.1, 0.15) is 0 Å². The van der Waals surface area contributed by atoms with E-state index in [2.05, 4.69) is 102 Å². The molecule has 4 aromatic rings. The molecule has 7 rings (SSSR count). The maximum atomic E-state index is 3.69. The fourth-order valence-corrected chi connectivity index (χ4v) is 7.22. The summed E-state index contributed by atoms with van der Waals surface area (Å²) in [6.07, 6.45) is 5.57. The van der Waals surface area contributed by atoms with Gasteiger partial charge in [0.15, 0.2) is 0 Å². The fraction of sp³-hybridized carbons (Fsp3) is 0.226. The number of fused-ring (bicyclic) bond motifs is 3. The van der Waals surface area contributed by atoms with Crippen LogP contribution in [0.5, 0.6) is 0 Å². The number of nitrogens with one attached hydrogen (secondary N) is 1. The second kappa shape index (κ2) is 6.84. The maximum absolute atomic E-state index is 3.69. The lowest BCUT2D eigenvalue weighted by Gasteiger charge is -2.33. The largest absolute Gasteiger partial charge is 0.355 e. The van der Waals surface area contributed by atoms with Crippen molar-refractivity contribution in [3.8, 4) is 22.3 Å². The lowest BCUT2D eigenvalue weighted by Crippen LogP contribution is -2.30. The van der Waals surface area contributed by atoms with Gasteiger partial charge in [-0.2, -0.15) is 0 Å². The van der Waals surface area contributed by atoms with Gasteiger partial charge in [-0.1, -0.05) is 72.8 Å². The van der Waals surface area contributed by atoms with E-state index in [4.69, 9.17) is 0 Å². The number of anilines is 2.